The van der Waals surface area contributed by atoms with Gasteiger partial charge in [-0.15, -0.1) is 0 Å². The molecule has 0 radical (unpaired) electrons. The summed E-state index contributed by atoms with van der Waals surface area (Å²) >= 11 is 3.14. The molecular formula is C11H10BrFN4O. The number of hydrogen-bond donors (Lipinski definition) is 2. The maximum atomic E-state index is 13.5. The van der Waals surface area contributed by atoms with Crippen molar-refractivity contribution in [2.75, 3.05) is 11.1 Å². The van der Waals surface area contributed by atoms with Gasteiger partial charge in [-0.05, 0) is 18.2 Å². The number of nitrogens with zero attached hydrogens (tertiary/aromatic N) is 2. The number of anilines is 2. The van der Waals surface area contributed by atoms with Crippen molar-refractivity contribution in [1.29, 1.82) is 0 Å². The molecule has 0 fully saturated rings. The Morgan fingerprint density at radius 3 is 2.94 bits per heavy atom. The fraction of sp³-hybridized carbons (Fsp3) is 0.0909. The first kappa shape index (κ1) is 12.6. The monoisotopic (exact) mass is 312 g/mol. The lowest BCUT2D eigenvalue weighted by Gasteiger charge is -2.06. The van der Waals surface area contributed by atoms with E-state index in [0.717, 1.165) is 0 Å². The van der Waals surface area contributed by atoms with Crippen molar-refractivity contribution in [2.45, 2.75) is 6.54 Å². The molecule has 0 saturated carbocycles. The van der Waals surface area contributed by atoms with E-state index in [4.69, 9.17) is 5.73 Å². The molecule has 1 amide bonds. The van der Waals surface area contributed by atoms with E-state index in [2.05, 4.69) is 26.3 Å². The molecule has 1 heterocycles. The lowest BCUT2D eigenvalue weighted by Crippen LogP contribution is -2.19. The van der Waals surface area contributed by atoms with Crippen molar-refractivity contribution < 1.29 is 9.18 Å². The standard InChI is InChI=1S/C11H10BrFN4O/c12-7-1-2-10(9(13)3-7)16-11(18)6-17-5-8(14)4-15-17/h1-5H,6,14H2,(H,16,18). The SMILES string of the molecule is Nc1cnn(CC(=O)Nc2ccc(Br)cc2F)c1. The van der Waals surface area contributed by atoms with Crippen molar-refractivity contribution >= 4 is 33.2 Å². The minimum Gasteiger partial charge on any atom is -0.396 e. The van der Waals surface area contributed by atoms with Crippen LogP contribution in [0.2, 0.25) is 0 Å². The van der Waals surface area contributed by atoms with Gasteiger partial charge in [-0.2, -0.15) is 5.10 Å². The van der Waals surface area contributed by atoms with E-state index in [-0.39, 0.29) is 18.1 Å². The average Bonchev–Trinajstić information content (AvgIpc) is 2.68. The molecule has 7 heteroatoms. The summed E-state index contributed by atoms with van der Waals surface area (Å²) in [5.41, 5.74) is 6.07. The Balaban J connectivity index is 2.03. The van der Waals surface area contributed by atoms with Gasteiger partial charge in [0.2, 0.25) is 5.91 Å². The van der Waals surface area contributed by atoms with Crippen molar-refractivity contribution in [1.82, 2.24) is 9.78 Å². The first-order valence-corrected chi connectivity index (χ1v) is 5.87. The van der Waals surface area contributed by atoms with Crippen LogP contribution in [0, 0.1) is 5.82 Å². The first-order valence-electron chi connectivity index (χ1n) is 5.07. The maximum Gasteiger partial charge on any atom is 0.246 e. The minimum atomic E-state index is -0.502. The molecule has 1 aromatic carbocycles. The third kappa shape index (κ3) is 3.07. The van der Waals surface area contributed by atoms with Crippen LogP contribution in [-0.2, 0) is 11.3 Å². The highest BCUT2D eigenvalue weighted by Crippen LogP contribution is 2.19. The Kier molecular flexibility index (Phi) is 3.61. The van der Waals surface area contributed by atoms with Crippen LogP contribution in [-0.4, -0.2) is 15.7 Å². The molecule has 2 aromatic rings. The van der Waals surface area contributed by atoms with Crippen LogP contribution >= 0.6 is 15.9 Å². The second-order valence-corrected chi connectivity index (χ2v) is 4.56. The van der Waals surface area contributed by atoms with Gasteiger partial charge in [0.15, 0.2) is 0 Å². The molecule has 0 atom stereocenters. The number of halogens is 2. The van der Waals surface area contributed by atoms with E-state index in [9.17, 15) is 9.18 Å². The van der Waals surface area contributed by atoms with Crippen LogP contribution in [0.4, 0.5) is 15.8 Å². The highest BCUT2D eigenvalue weighted by Gasteiger charge is 2.08. The van der Waals surface area contributed by atoms with Crippen molar-refractivity contribution in [3.8, 4) is 0 Å². The van der Waals surface area contributed by atoms with Crippen molar-refractivity contribution in [3.05, 3.63) is 40.9 Å². The van der Waals surface area contributed by atoms with Crippen LogP contribution in [0.5, 0.6) is 0 Å². The summed E-state index contributed by atoms with van der Waals surface area (Å²) in [4.78, 5) is 11.6. The highest BCUT2D eigenvalue weighted by atomic mass is 79.9. The van der Waals surface area contributed by atoms with Gasteiger partial charge in [-0.3, -0.25) is 9.48 Å². The minimum absolute atomic E-state index is 0.0211. The zero-order valence-electron chi connectivity index (χ0n) is 9.23. The molecule has 2 rings (SSSR count). The predicted octanol–water partition coefficient (Wildman–Crippen LogP) is 2.01. The number of amides is 1. The molecule has 0 spiro atoms. The number of carbonyl (C=O) groups excluding carboxylic acids is 1. The van der Waals surface area contributed by atoms with Crippen LogP contribution in [0.3, 0.4) is 0 Å². The number of carbonyl (C=O) groups is 1. The molecule has 0 aliphatic carbocycles. The summed E-state index contributed by atoms with van der Waals surface area (Å²) in [5.74, 6) is -0.878. The summed E-state index contributed by atoms with van der Waals surface area (Å²) in [5, 5.41) is 6.32. The summed E-state index contributed by atoms with van der Waals surface area (Å²) in [7, 11) is 0. The summed E-state index contributed by atoms with van der Waals surface area (Å²) < 4.78 is 15.5. The molecule has 18 heavy (non-hydrogen) atoms. The number of aromatic nitrogens is 2. The van der Waals surface area contributed by atoms with Gasteiger partial charge in [-0.1, -0.05) is 15.9 Å². The lowest BCUT2D eigenvalue weighted by atomic mass is 10.3. The Bertz CT molecular complexity index is 584. The van der Waals surface area contributed by atoms with Gasteiger partial charge in [0, 0.05) is 10.7 Å². The van der Waals surface area contributed by atoms with E-state index in [1.807, 2.05) is 0 Å². The highest BCUT2D eigenvalue weighted by molar-refractivity contribution is 9.10. The Labute approximate surface area is 111 Å². The number of hydrogen-bond acceptors (Lipinski definition) is 3. The summed E-state index contributed by atoms with van der Waals surface area (Å²) in [6.07, 6.45) is 2.96. The zero-order chi connectivity index (χ0) is 13.1. The fourth-order valence-corrected chi connectivity index (χ4v) is 1.73. The third-order valence-electron chi connectivity index (χ3n) is 2.16. The summed E-state index contributed by atoms with van der Waals surface area (Å²) in [6.45, 7) is -0.0211. The van der Waals surface area contributed by atoms with Gasteiger partial charge >= 0.3 is 0 Å². The average molecular weight is 313 g/mol. The molecule has 94 valence electrons. The molecule has 1 aromatic heterocycles. The first-order chi connectivity index (χ1) is 8.54. The van der Waals surface area contributed by atoms with Gasteiger partial charge in [0.25, 0.3) is 0 Å². The zero-order valence-corrected chi connectivity index (χ0v) is 10.8. The van der Waals surface area contributed by atoms with Crippen molar-refractivity contribution in [2.24, 2.45) is 0 Å². The van der Waals surface area contributed by atoms with Gasteiger partial charge in [0.05, 0.1) is 17.6 Å². The molecular weight excluding hydrogens is 303 g/mol. The molecule has 0 bridgehead atoms. The molecule has 3 N–H and O–H groups in total. The Morgan fingerprint density at radius 1 is 1.56 bits per heavy atom. The number of nitrogens with one attached hydrogen (secondary N) is 1. The number of nitrogen functional groups attached to an aromatic ring is 1. The second-order valence-electron chi connectivity index (χ2n) is 3.64. The van der Waals surface area contributed by atoms with Crippen LogP contribution in [0.25, 0.3) is 0 Å². The van der Waals surface area contributed by atoms with Crippen LogP contribution in [0.15, 0.2) is 35.1 Å². The second kappa shape index (κ2) is 5.18. The van der Waals surface area contributed by atoms with E-state index in [1.54, 1.807) is 6.07 Å². The van der Waals surface area contributed by atoms with Crippen LogP contribution < -0.4 is 11.1 Å². The largest absolute Gasteiger partial charge is 0.396 e. The smallest absolute Gasteiger partial charge is 0.246 e. The van der Waals surface area contributed by atoms with Gasteiger partial charge < -0.3 is 11.1 Å². The Morgan fingerprint density at radius 2 is 2.33 bits per heavy atom. The van der Waals surface area contributed by atoms with Crippen molar-refractivity contribution in [3.63, 3.8) is 0 Å². The lowest BCUT2D eigenvalue weighted by molar-refractivity contribution is -0.116. The quantitative estimate of drug-likeness (QED) is 0.910. The number of nitrogens with two attached hydrogens (primary N) is 1. The number of rotatable bonds is 3. The Hall–Kier alpha value is -1.89. The molecule has 0 aliphatic heterocycles. The molecule has 0 saturated heterocycles. The van der Waals surface area contributed by atoms with E-state index in [0.29, 0.717) is 10.2 Å². The number of benzene rings is 1. The van der Waals surface area contributed by atoms with Gasteiger partial charge in [0.1, 0.15) is 12.4 Å². The molecule has 5 nitrogen and oxygen atoms in total. The van der Waals surface area contributed by atoms with Gasteiger partial charge in [-0.25, -0.2) is 4.39 Å². The normalized spacial score (nSPS) is 10.3. The van der Waals surface area contributed by atoms with E-state index >= 15 is 0 Å². The predicted molar refractivity (Wildman–Crippen MR) is 69.4 cm³/mol. The maximum absolute atomic E-state index is 13.5. The van der Waals surface area contributed by atoms with E-state index < -0.39 is 5.82 Å². The molecule has 0 aliphatic rings. The van der Waals surface area contributed by atoms with Crippen LogP contribution in [0.1, 0.15) is 0 Å². The van der Waals surface area contributed by atoms with E-state index in [1.165, 1.54) is 29.2 Å². The third-order valence-corrected chi connectivity index (χ3v) is 2.66. The summed E-state index contributed by atoms with van der Waals surface area (Å²) in [6, 6.07) is 4.40. The molecule has 0 unspecified atom stereocenters. The fourth-order valence-electron chi connectivity index (χ4n) is 1.39. The topological polar surface area (TPSA) is 72.9 Å².